The molecule has 2 heterocycles. The largest absolute Gasteiger partial charge is 0.507 e. The molecule has 1 aromatic carbocycles. The summed E-state index contributed by atoms with van der Waals surface area (Å²) in [5, 5.41) is 21.3. The van der Waals surface area contributed by atoms with Gasteiger partial charge in [0.1, 0.15) is 11.5 Å². The van der Waals surface area contributed by atoms with Gasteiger partial charge in [-0.1, -0.05) is 28.1 Å². The molecule has 0 unspecified atom stereocenters. The SMILES string of the molecule is Cc1cc(O)c(C(c2cccc(Br)c2)c2c(O)cc(C)n(C)c2=O)c(=O)n1C. The molecule has 0 saturated heterocycles. The van der Waals surface area contributed by atoms with Gasteiger partial charge in [0.15, 0.2) is 0 Å². The van der Waals surface area contributed by atoms with E-state index in [2.05, 4.69) is 15.9 Å². The van der Waals surface area contributed by atoms with Crippen LogP contribution in [0.3, 0.4) is 0 Å². The molecular weight excluding hydrogens is 424 g/mol. The summed E-state index contributed by atoms with van der Waals surface area (Å²) in [6, 6.07) is 10.1. The molecule has 0 radical (unpaired) electrons. The molecule has 3 rings (SSSR count). The average Bonchev–Trinajstić information content (AvgIpc) is 2.63. The van der Waals surface area contributed by atoms with E-state index < -0.39 is 17.0 Å². The van der Waals surface area contributed by atoms with Crippen molar-refractivity contribution < 1.29 is 10.2 Å². The summed E-state index contributed by atoms with van der Waals surface area (Å²) < 4.78 is 3.58. The molecule has 0 aliphatic heterocycles. The summed E-state index contributed by atoms with van der Waals surface area (Å²) in [4.78, 5) is 26.1. The Hall–Kier alpha value is -2.80. The van der Waals surface area contributed by atoms with Gasteiger partial charge in [0.05, 0.1) is 17.0 Å². The zero-order valence-electron chi connectivity index (χ0n) is 16.0. The Balaban J connectivity index is 2.48. The van der Waals surface area contributed by atoms with Crippen molar-refractivity contribution in [1.29, 1.82) is 0 Å². The minimum absolute atomic E-state index is 0.0439. The Bertz CT molecular complexity index is 1120. The van der Waals surface area contributed by atoms with Crippen LogP contribution in [-0.4, -0.2) is 19.3 Å². The van der Waals surface area contributed by atoms with Crippen molar-refractivity contribution in [3.8, 4) is 11.5 Å². The van der Waals surface area contributed by atoms with Crippen LogP contribution in [0, 0.1) is 13.8 Å². The molecule has 0 fully saturated rings. The second-order valence-corrected chi connectivity index (χ2v) is 7.80. The minimum Gasteiger partial charge on any atom is -0.507 e. The van der Waals surface area contributed by atoms with Crippen molar-refractivity contribution >= 4 is 15.9 Å². The third kappa shape index (κ3) is 3.26. The Kier molecular flexibility index (Phi) is 5.21. The van der Waals surface area contributed by atoms with E-state index in [1.807, 2.05) is 6.07 Å². The molecule has 0 atom stereocenters. The Morgan fingerprint density at radius 2 is 1.32 bits per heavy atom. The first-order chi connectivity index (χ1) is 13.1. The first-order valence-corrected chi connectivity index (χ1v) is 9.47. The topological polar surface area (TPSA) is 84.5 Å². The molecule has 146 valence electrons. The number of hydrogen-bond donors (Lipinski definition) is 2. The normalized spacial score (nSPS) is 11.2. The second-order valence-electron chi connectivity index (χ2n) is 6.89. The molecule has 0 bridgehead atoms. The van der Waals surface area contributed by atoms with Crippen LogP contribution in [0.4, 0.5) is 0 Å². The van der Waals surface area contributed by atoms with E-state index in [-0.39, 0.29) is 22.6 Å². The molecule has 6 nitrogen and oxygen atoms in total. The monoisotopic (exact) mass is 444 g/mol. The zero-order chi connectivity index (χ0) is 20.7. The molecule has 0 aliphatic rings. The molecule has 0 aliphatic carbocycles. The van der Waals surface area contributed by atoms with Crippen molar-refractivity contribution in [2.24, 2.45) is 14.1 Å². The predicted octanol–water partition coefficient (Wildman–Crippen LogP) is 3.05. The van der Waals surface area contributed by atoms with Crippen LogP contribution in [-0.2, 0) is 14.1 Å². The van der Waals surface area contributed by atoms with Crippen LogP contribution in [0.15, 0.2) is 50.5 Å². The number of benzene rings is 1. The van der Waals surface area contributed by atoms with Gasteiger partial charge < -0.3 is 19.3 Å². The lowest BCUT2D eigenvalue weighted by molar-refractivity contribution is 0.451. The number of halogens is 1. The lowest BCUT2D eigenvalue weighted by Gasteiger charge is -2.22. The highest BCUT2D eigenvalue weighted by Gasteiger charge is 2.30. The summed E-state index contributed by atoms with van der Waals surface area (Å²) in [5.41, 5.74) is 1.00. The summed E-state index contributed by atoms with van der Waals surface area (Å²) in [6.07, 6.45) is 0. The summed E-state index contributed by atoms with van der Waals surface area (Å²) in [5.74, 6) is -1.36. The Morgan fingerprint density at radius 3 is 1.75 bits per heavy atom. The zero-order valence-corrected chi connectivity index (χ0v) is 17.6. The van der Waals surface area contributed by atoms with Gasteiger partial charge in [-0.2, -0.15) is 0 Å². The molecule has 7 heteroatoms. The van der Waals surface area contributed by atoms with Gasteiger partial charge in [0, 0.05) is 30.0 Å². The number of hydrogen-bond acceptors (Lipinski definition) is 4. The minimum atomic E-state index is -0.934. The van der Waals surface area contributed by atoms with E-state index in [1.165, 1.54) is 21.3 Å². The quantitative estimate of drug-likeness (QED) is 0.649. The maximum absolute atomic E-state index is 13.1. The molecule has 3 aromatic rings. The van der Waals surface area contributed by atoms with E-state index in [9.17, 15) is 19.8 Å². The van der Waals surface area contributed by atoms with E-state index in [4.69, 9.17) is 0 Å². The van der Waals surface area contributed by atoms with Crippen LogP contribution in [0.5, 0.6) is 11.5 Å². The Morgan fingerprint density at radius 1 is 0.857 bits per heavy atom. The van der Waals surface area contributed by atoms with E-state index in [0.717, 1.165) is 4.47 Å². The number of nitrogens with zero attached hydrogens (tertiary/aromatic N) is 2. The maximum Gasteiger partial charge on any atom is 0.258 e. The van der Waals surface area contributed by atoms with Gasteiger partial charge in [-0.05, 0) is 43.7 Å². The van der Waals surface area contributed by atoms with Crippen molar-refractivity contribution in [2.45, 2.75) is 19.8 Å². The van der Waals surface area contributed by atoms with Crippen LogP contribution < -0.4 is 11.1 Å². The number of pyridine rings is 2. The van der Waals surface area contributed by atoms with E-state index in [0.29, 0.717) is 17.0 Å². The number of aromatic nitrogens is 2. The van der Waals surface area contributed by atoms with Gasteiger partial charge in [-0.15, -0.1) is 0 Å². The van der Waals surface area contributed by atoms with Gasteiger partial charge in [-0.3, -0.25) is 9.59 Å². The smallest absolute Gasteiger partial charge is 0.258 e. The molecule has 0 spiro atoms. The molecule has 0 saturated carbocycles. The van der Waals surface area contributed by atoms with Crippen molar-refractivity contribution in [2.75, 3.05) is 0 Å². The molecule has 0 amide bonds. The lowest BCUT2D eigenvalue weighted by atomic mass is 9.85. The number of rotatable bonds is 3. The highest BCUT2D eigenvalue weighted by Crippen LogP contribution is 2.38. The maximum atomic E-state index is 13.1. The first kappa shape index (κ1) is 19.9. The van der Waals surface area contributed by atoms with Crippen LogP contribution >= 0.6 is 15.9 Å². The van der Waals surface area contributed by atoms with Gasteiger partial charge >= 0.3 is 0 Å². The highest BCUT2D eigenvalue weighted by molar-refractivity contribution is 9.10. The van der Waals surface area contributed by atoms with Crippen LogP contribution in [0.25, 0.3) is 0 Å². The fourth-order valence-corrected chi connectivity index (χ4v) is 3.77. The average molecular weight is 445 g/mol. The fourth-order valence-electron chi connectivity index (χ4n) is 3.35. The third-order valence-electron chi connectivity index (χ3n) is 5.13. The third-order valence-corrected chi connectivity index (χ3v) is 5.62. The standard InChI is InChI=1S/C21H21BrN2O4/c1-11-8-15(25)18(20(27)23(11)3)17(13-6-5-7-14(22)10-13)19-16(26)9-12(2)24(4)21(19)28/h5-10,17,25-26H,1-4H3. The van der Waals surface area contributed by atoms with Crippen molar-refractivity contribution in [3.05, 3.63) is 89.7 Å². The highest BCUT2D eigenvalue weighted by atomic mass is 79.9. The van der Waals surface area contributed by atoms with Crippen LogP contribution in [0.2, 0.25) is 0 Å². The van der Waals surface area contributed by atoms with Gasteiger partial charge in [0.25, 0.3) is 11.1 Å². The first-order valence-electron chi connectivity index (χ1n) is 8.68. The van der Waals surface area contributed by atoms with Gasteiger partial charge in [0.2, 0.25) is 0 Å². The lowest BCUT2D eigenvalue weighted by Crippen LogP contribution is -2.30. The van der Waals surface area contributed by atoms with Crippen molar-refractivity contribution in [1.82, 2.24) is 9.13 Å². The van der Waals surface area contributed by atoms with E-state index in [1.54, 1.807) is 46.1 Å². The second kappa shape index (κ2) is 7.31. The van der Waals surface area contributed by atoms with Gasteiger partial charge in [-0.25, -0.2) is 0 Å². The summed E-state index contributed by atoms with van der Waals surface area (Å²) in [7, 11) is 3.21. The fraction of sp³-hybridized carbons (Fsp3) is 0.238. The number of aryl methyl sites for hydroxylation is 2. The predicted molar refractivity (Wildman–Crippen MR) is 111 cm³/mol. The summed E-state index contributed by atoms with van der Waals surface area (Å²) >= 11 is 3.41. The molecule has 2 aromatic heterocycles. The summed E-state index contributed by atoms with van der Waals surface area (Å²) in [6.45, 7) is 3.42. The van der Waals surface area contributed by atoms with Crippen molar-refractivity contribution in [3.63, 3.8) is 0 Å². The molecule has 2 N–H and O–H groups in total. The van der Waals surface area contributed by atoms with E-state index >= 15 is 0 Å². The van der Waals surface area contributed by atoms with Crippen LogP contribution in [0.1, 0.15) is 34.0 Å². The Labute approximate surface area is 170 Å². The number of aromatic hydroxyl groups is 2. The molecular formula is C21H21BrN2O4. The molecule has 28 heavy (non-hydrogen) atoms.